The average molecular weight is 263 g/mol. The van der Waals surface area contributed by atoms with E-state index in [9.17, 15) is 4.79 Å². The number of aromatic amines is 1. The normalized spacial score (nSPS) is 17.4. The monoisotopic (exact) mass is 263 g/mol. The van der Waals surface area contributed by atoms with Gasteiger partial charge in [0.1, 0.15) is 0 Å². The molecule has 1 aliphatic heterocycles. The van der Waals surface area contributed by atoms with Crippen LogP contribution in [0.3, 0.4) is 0 Å². The van der Waals surface area contributed by atoms with E-state index < -0.39 is 0 Å². The Labute approximate surface area is 115 Å². The van der Waals surface area contributed by atoms with Crippen molar-refractivity contribution < 1.29 is 4.79 Å². The molecule has 19 heavy (non-hydrogen) atoms. The number of rotatable bonds is 5. The molecule has 0 aliphatic carbocycles. The summed E-state index contributed by atoms with van der Waals surface area (Å²) in [5.74, 6) is 0.743. The molecule has 1 aromatic heterocycles. The predicted octanol–water partition coefficient (Wildman–Crippen LogP) is 1.80. The molecule has 1 aromatic rings. The van der Waals surface area contributed by atoms with Gasteiger partial charge in [-0.1, -0.05) is 13.8 Å². The number of nitrogens with one attached hydrogen (secondary N) is 3. The first-order chi connectivity index (χ1) is 9.08. The third-order valence-electron chi connectivity index (χ3n) is 4.04. The molecule has 4 heteroatoms. The fourth-order valence-electron chi connectivity index (χ4n) is 2.59. The highest BCUT2D eigenvalue weighted by Gasteiger charge is 2.23. The fraction of sp³-hybridized carbons (Fsp3) is 0.667. The second-order valence-electron chi connectivity index (χ2n) is 6.16. The molecule has 4 nitrogen and oxygen atoms in total. The Morgan fingerprint density at radius 1 is 1.42 bits per heavy atom. The molecule has 0 unspecified atom stereocenters. The molecule has 106 valence electrons. The van der Waals surface area contributed by atoms with Gasteiger partial charge >= 0.3 is 0 Å². The molecule has 2 rings (SSSR count). The van der Waals surface area contributed by atoms with Crippen molar-refractivity contribution in [1.82, 2.24) is 15.6 Å². The Balaban J connectivity index is 1.76. The van der Waals surface area contributed by atoms with Gasteiger partial charge in [0.15, 0.2) is 0 Å². The van der Waals surface area contributed by atoms with E-state index in [1.165, 1.54) is 5.56 Å². The zero-order valence-corrected chi connectivity index (χ0v) is 12.0. The van der Waals surface area contributed by atoms with Gasteiger partial charge in [-0.05, 0) is 43.5 Å². The first-order valence-corrected chi connectivity index (χ1v) is 7.18. The summed E-state index contributed by atoms with van der Waals surface area (Å²) in [6, 6.07) is 2.07. The Bertz CT molecular complexity index is 392. The molecule has 0 bridgehead atoms. The van der Waals surface area contributed by atoms with Gasteiger partial charge in [0.25, 0.3) is 0 Å². The molecule has 0 aromatic carbocycles. The van der Waals surface area contributed by atoms with Gasteiger partial charge in [0, 0.05) is 30.8 Å². The van der Waals surface area contributed by atoms with Crippen LogP contribution < -0.4 is 10.6 Å². The molecule has 3 N–H and O–H groups in total. The number of hydrogen-bond donors (Lipinski definition) is 3. The van der Waals surface area contributed by atoms with Crippen LogP contribution in [-0.2, 0) is 10.2 Å². The summed E-state index contributed by atoms with van der Waals surface area (Å²) in [5, 5.41) is 6.41. The van der Waals surface area contributed by atoms with E-state index >= 15 is 0 Å². The van der Waals surface area contributed by atoms with Crippen molar-refractivity contribution in [3.63, 3.8) is 0 Å². The van der Waals surface area contributed by atoms with E-state index in [-0.39, 0.29) is 11.3 Å². The van der Waals surface area contributed by atoms with Crippen LogP contribution in [-0.4, -0.2) is 30.5 Å². The number of H-pyrrole nitrogens is 1. The van der Waals surface area contributed by atoms with Gasteiger partial charge in [-0.3, -0.25) is 4.79 Å². The van der Waals surface area contributed by atoms with Crippen molar-refractivity contribution in [1.29, 1.82) is 0 Å². The van der Waals surface area contributed by atoms with E-state index in [0.717, 1.165) is 25.9 Å². The van der Waals surface area contributed by atoms with E-state index in [4.69, 9.17) is 0 Å². The van der Waals surface area contributed by atoms with E-state index in [1.54, 1.807) is 0 Å². The van der Waals surface area contributed by atoms with Crippen LogP contribution in [0.5, 0.6) is 0 Å². The summed E-state index contributed by atoms with van der Waals surface area (Å²) in [6.07, 6.45) is 6.83. The second-order valence-corrected chi connectivity index (χ2v) is 6.16. The van der Waals surface area contributed by atoms with Gasteiger partial charge in [-0.25, -0.2) is 0 Å². The summed E-state index contributed by atoms with van der Waals surface area (Å²) >= 11 is 0. The number of hydrogen-bond acceptors (Lipinski definition) is 2. The van der Waals surface area contributed by atoms with E-state index in [2.05, 4.69) is 35.5 Å². The average Bonchev–Trinajstić information content (AvgIpc) is 2.92. The van der Waals surface area contributed by atoms with Crippen molar-refractivity contribution in [2.24, 2.45) is 5.92 Å². The van der Waals surface area contributed by atoms with Crippen LogP contribution in [0.4, 0.5) is 0 Å². The van der Waals surface area contributed by atoms with Crippen LogP contribution in [0, 0.1) is 5.92 Å². The molecule has 1 saturated heterocycles. The zero-order chi connectivity index (χ0) is 13.7. The minimum atomic E-state index is -0.0240. The molecule has 1 amide bonds. The minimum absolute atomic E-state index is 0.0240. The van der Waals surface area contributed by atoms with Gasteiger partial charge in [0.2, 0.25) is 5.91 Å². The summed E-state index contributed by atoms with van der Waals surface area (Å²) < 4.78 is 0. The maximum atomic E-state index is 12.0. The third-order valence-corrected chi connectivity index (χ3v) is 4.04. The highest BCUT2D eigenvalue weighted by Crippen LogP contribution is 2.22. The number of amides is 1. The van der Waals surface area contributed by atoms with E-state index in [1.807, 2.05) is 12.4 Å². The fourth-order valence-corrected chi connectivity index (χ4v) is 2.59. The van der Waals surface area contributed by atoms with Crippen molar-refractivity contribution in [2.45, 2.75) is 38.5 Å². The van der Waals surface area contributed by atoms with Gasteiger partial charge < -0.3 is 15.6 Å². The molecular weight excluding hydrogens is 238 g/mol. The van der Waals surface area contributed by atoms with Crippen molar-refractivity contribution in [3.8, 4) is 0 Å². The maximum Gasteiger partial charge on any atom is 0.220 e. The molecule has 0 saturated carbocycles. The predicted molar refractivity (Wildman–Crippen MR) is 77.0 cm³/mol. The lowest BCUT2D eigenvalue weighted by atomic mass is 9.86. The number of carbonyl (C=O) groups excluding carboxylic acids is 1. The molecule has 2 heterocycles. The second kappa shape index (κ2) is 6.24. The summed E-state index contributed by atoms with van der Waals surface area (Å²) in [6.45, 7) is 7.09. The van der Waals surface area contributed by atoms with Crippen molar-refractivity contribution in [3.05, 3.63) is 24.0 Å². The Morgan fingerprint density at radius 2 is 2.16 bits per heavy atom. The molecule has 1 fully saturated rings. The van der Waals surface area contributed by atoms with Crippen LogP contribution in [0.2, 0.25) is 0 Å². The maximum absolute atomic E-state index is 12.0. The van der Waals surface area contributed by atoms with Gasteiger partial charge in [-0.15, -0.1) is 0 Å². The van der Waals surface area contributed by atoms with Crippen molar-refractivity contribution >= 4 is 5.91 Å². The quantitative estimate of drug-likeness (QED) is 0.758. The highest BCUT2D eigenvalue weighted by molar-refractivity contribution is 5.76. The third kappa shape index (κ3) is 4.10. The minimum Gasteiger partial charge on any atom is -0.367 e. The lowest BCUT2D eigenvalue weighted by molar-refractivity contribution is -0.122. The first-order valence-electron chi connectivity index (χ1n) is 7.18. The molecule has 0 radical (unpaired) electrons. The Kier molecular flexibility index (Phi) is 4.64. The number of carbonyl (C=O) groups is 1. The van der Waals surface area contributed by atoms with Crippen LogP contribution in [0.15, 0.2) is 18.5 Å². The van der Waals surface area contributed by atoms with Crippen LogP contribution in [0.1, 0.15) is 38.7 Å². The van der Waals surface area contributed by atoms with Crippen molar-refractivity contribution in [2.75, 3.05) is 19.6 Å². The van der Waals surface area contributed by atoms with Gasteiger partial charge in [-0.2, -0.15) is 0 Å². The topological polar surface area (TPSA) is 56.9 Å². The van der Waals surface area contributed by atoms with Crippen LogP contribution >= 0.6 is 0 Å². The summed E-state index contributed by atoms with van der Waals surface area (Å²) in [7, 11) is 0. The SMILES string of the molecule is CC(C)(CNC(=O)CC1CCNCC1)c1cc[nH]c1. The molecule has 0 spiro atoms. The Hall–Kier alpha value is -1.29. The number of piperidine rings is 1. The lowest BCUT2D eigenvalue weighted by Gasteiger charge is -2.26. The highest BCUT2D eigenvalue weighted by atomic mass is 16.1. The molecular formula is C15H25N3O. The summed E-state index contributed by atoms with van der Waals surface area (Å²) in [5.41, 5.74) is 1.21. The van der Waals surface area contributed by atoms with Gasteiger partial charge in [0.05, 0.1) is 0 Å². The lowest BCUT2D eigenvalue weighted by Crippen LogP contribution is -2.38. The largest absolute Gasteiger partial charge is 0.367 e. The summed E-state index contributed by atoms with van der Waals surface area (Å²) in [4.78, 5) is 15.1. The smallest absolute Gasteiger partial charge is 0.220 e. The standard InChI is InChI=1S/C15H25N3O/c1-15(2,13-5-8-17-10-13)11-18-14(19)9-12-3-6-16-7-4-12/h5,8,10,12,16-17H,3-4,6-7,9,11H2,1-2H3,(H,18,19). The van der Waals surface area contributed by atoms with E-state index in [0.29, 0.717) is 18.9 Å². The number of aromatic nitrogens is 1. The van der Waals surface area contributed by atoms with Crippen LogP contribution in [0.25, 0.3) is 0 Å². The molecule has 0 atom stereocenters. The first kappa shape index (κ1) is 14.1. The molecule has 1 aliphatic rings. The zero-order valence-electron chi connectivity index (χ0n) is 12.0. The Morgan fingerprint density at radius 3 is 2.79 bits per heavy atom.